The second-order valence-corrected chi connectivity index (χ2v) is 10.5. The van der Waals surface area contributed by atoms with Crippen molar-refractivity contribution < 1.29 is 0 Å². The molecule has 0 aromatic rings. The molecule has 1 saturated carbocycles. The molecule has 0 unspecified atom stereocenters. The van der Waals surface area contributed by atoms with Crippen LogP contribution in [0.1, 0.15) is 59.8 Å². The average molecular weight is 334 g/mol. The topological polar surface area (TPSA) is 9.72 Å². The molecule has 4 rings (SSSR count). The molecule has 138 valence electrons. The molecule has 0 aromatic carbocycles. The molecule has 3 saturated heterocycles. The van der Waals surface area contributed by atoms with Crippen LogP contribution in [0.15, 0.2) is 0 Å². The third kappa shape index (κ3) is 3.41. The van der Waals surface area contributed by atoms with Crippen LogP contribution in [0.5, 0.6) is 0 Å². The number of hydrogen-bond acceptors (Lipinski definition) is 3. The van der Waals surface area contributed by atoms with Gasteiger partial charge in [0.2, 0.25) is 0 Å². The minimum absolute atomic E-state index is 0.694. The summed E-state index contributed by atoms with van der Waals surface area (Å²) in [5, 5.41) is 0. The monoisotopic (exact) mass is 333 g/mol. The maximum atomic E-state index is 2.82. The Bertz CT molecular complexity index is 432. The standard InChI is InChI=1S/C21H39N3/c1-17(2)11-20(5-6-20)14-22-12-19(13-22)23-9-7-21(8-10-23)15-24(16-21)18(3)4/h17-19H,5-16H2,1-4H3. The predicted molar refractivity (Wildman–Crippen MR) is 101 cm³/mol. The molecule has 3 heteroatoms. The van der Waals surface area contributed by atoms with Gasteiger partial charge in [0, 0.05) is 44.8 Å². The van der Waals surface area contributed by atoms with Gasteiger partial charge < -0.3 is 0 Å². The van der Waals surface area contributed by atoms with E-state index in [1.807, 2.05) is 0 Å². The van der Waals surface area contributed by atoms with Crippen molar-refractivity contribution in [3.63, 3.8) is 0 Å². The summed E-state index contributed by atoms with van der Waals surface area (Å²) in [5.41, 5.74) is 1.41. The van der Waals surface area contributed by atoms with Crippen molar-refractivity contribution >= 4 is 0 Å². The Balaban J connectivity index is 1.17. The minimum atomic E-state index is 0.694. The van der Waals surface area contributed by atoms with E-state index in [1.165, 1.54) is 77.9 Å². The summed E-state index contributed by atoms with van der Waals surface area (Å²) in [5.74, 6) is 0.871. The van der Waals surface area contributed by atoms with Crippen molar-refractivity contribution in [2.45, 2.75) is 71.9 Å². The first-order valence-electron chi connectivity index (χ1n) is 10.6. The molecule has 1 aliphatic carbocycles. The van der Waals surface area contributed by atoms with E-state index in [9.17, 15) is 0 Å². The smallest absolute Gasteiger partial charge is 0.0350 e. The van der Waals surface area contributed by atoms with E-state index >= 15 is 0 Å². The van der Waals surface area contributed by atoms with Crippen LogP contribution in [-0.2, 0) is 0 Å². The molecule has 0 bridgehead atoms. The Kier molecular flexibility index (Phi) is 4.50. The van der Waals surface area contributed by atoms with Gasteiger partial charge in [-0.25, -0.2) is 0 Å². The maximum absolute atomic E-state index is 2.82. The molecule has 4 fully saturated rings. The number of likely N-dealkylation sites (tertiary alicyclic amines) is 3. The number of piperidine rings is 1. The van der Waals surface area contributed by atoms with Gasteiger partial charge in [0.25, 0.3) is 0 Å². The van der Waals surface area contributed by atoms with E-state index in [0.29, 0.717) is 5.41 Å². The molecule has 24 heavy (non-hydrogen) atoms. The lowest BCUT2D eigenvalue weighted by molar-refractivity contribution is -0.0832. The molecule has 3 heterocycles. The average Bonchev–Trinajstić information content (AvgIpc) is 3.19. The molecule has 0 N–H and O–H groups in total. The van der Waals surface area contributed by atoms with Gasteiger partial charge in [-0.05, 0) is 75.8 Å². The zero-order valence-electron chi connectivity index (χ0n) is 16.6. The molecule has 3 nitrogen and oxygen atoms in total. The minimum Gasteiger partial charge on any atom is -0.300 e. The fourth-order valence-electron chi connectivity index (χ4n) is 5.71. The first kappa shape index (κ1) is 17.3. The van der Waals surface area contributed by atoms with E-state index in [1.54, 1.807) is 0 Å². The van der Waals surface area contributed by atoms with Crippen molar-refractivity contribution in [2.24, 2.45) is 16.7 Å². The van der Waals surface area contributed by atoms with Crippen LogP contribution < -0.4 is 0 Å². The van der Waals surface area contributed by atoms with Gasteiger partial charge in [-0.3, -0.25) is 14.7 Å². The second kappa shape index (κ2) is 6.25. The summed E-state index contributed by atoms with van der Waals surface area (Å²) in [6.07, 6.45) is 7.33. The van der Waals surface area contributed by atoms with Gasteiger partial charge >= 0.3 is 0 Å². The van der Waals surface area contributed by atoms with Crippen LogP contribution in [0.25, 0.3) is 0 Å². The Morgan fingerprint density at radius 1 is 0.917 bits per heavy atom. The highest BCUT2D eigenvalue weighted by molar-refractivity contribution is 5.03. The summed E-state index contributed by atoms with van der Waals surface area (Å²) in [4.78, 5) is 8.24. The summed E-state index contributed by atoms with van der Waals surface area (Å²) in [6, 6.07) is 1.62. The highest BCUT2D eigenvalue weighted by atomic mass is 15.3. The van der Waals surface area contributed by atoms with Crippen LogP contribution in [0.2, 0.25) is 0 Å². The molecule has 4 aliphatic rings. The van der Waals surface area contributed by atoms with E-state index in [2.05, 4.69) is 42.4 Å². The Morgan fingerprint density at radius 3 is 2.04 bits per heavy atom. The van der Waals surface area contributed by atoms with Gasteiger partial charge in [0.15, 0.2) is 0 Å². The van der Waals surface area contributed by atoms with Gasteiger partial charge in [0.1, 0.15) is 0 Å². The first-order chi connectivity index (χ1) is 11.4. The third-order valence-electron chi connectivity index (χ3n) is 7.48. The van der Waals surface area contributed by atoms with Crippen molar-refractivity contribution in [3.05, 3.63) is 0 Å². The van der Waals surface area contributed by atoms with Crippen molar-refractivity contribution in [1.82, 2.24) is 14.7 Å². The molecular weight excluding hydrogens is 294 g/mol. The van der Waals surface area contributed by atoms with Gasteiger partial charge in [-0.1, -0.05) is 13.8 Å². The maximum Gasteiger partial charge on any atom is 0.0350 e. The number of nitrogens with zero attached hydrogens (tertiary/aromatic N) is 3. The van der Waals surface area contributed by atoms with Crippen LogP contribution in [0, 0.1) is 16.7 Å². The lowest BCUT2D eigenvalue weighted by Crippen LogP contribution is -2.66. The number of rotatable bonds is 6. The summed E-state index contributed by atoms with van der Waals surface area (Å²) in [6.45, 7) is 19.0. The quantitative estimate of drug-likeness (QED) is 0.738. The normalized spacial score (nSPS) is 30.8. The summed E-state index contributed by atoms with van der Waals surface area (Å²) < 4.78 is 0. The first-order valence-corrected chi connectivity index (χ1v) is 10.6. The molecule has 0 aromatic heterocycles. The third-order valence-corrected chi connectivity index (χ3v) is 7.48. The summed E-state index contributed by atoms with van der Waals surface area (Å²) in [7, 11) is 0. The lowest BCUT2D eigenvalue weighted by Gasteiger charge is -2.57. The van der Waals surface area contributed by atoms with Gasteiger partial charge in [-0.2, -0.15) is 0 Å². The van der Waals surface area contributed by atoms with Crippen LogP contribution in [0.3, 0.4) is 0 Å². The van der Waals surface area contributed by atoms with E-state index in [-0.39, 0.29) is 0 Å². The van der Waals surface area contributed by atoms with Crippen LogP contribution >= 0.6 is 0 Å². The zero-order valence-corrected chi connectivity index (χ0v) is 16.6. The molecule has 0 amide bonds. The fourth-order valence-corrected chi connectivity index (χ4v) is 5.71. The van der Waals surface area contributed by atoms with Crippen molar-refractivity contribution in [3.8, 4) is 0 Å². The molecule has 1 spiro atoms. The predicted octanol–water partition coefficient (Wildman–Crippen LogP) is 3.30. The van der Waals surface area contributed by atoms with Gasteiger partial charge in [-0.15, -0.1) is 0 Å². The lowest BCUT2D eigenvalue weighted by atomic mass is 9.71. The second-order valence-electron chi connectivity index (χ2n) is 10.5. The van der Waals surface area contributed by atoms with Crippen LogP contribution in [-0.4, -0.2) is 72.6 Å². The van der Waals surface area contributed by atoms with Crippen molar-refractivity contribution in [1.29, 1.82) is 0 Å². The van der Waals surface area contributed by atoms with Gasteiger partial charge in [0.05, 0.1) is 0 Å². The molecule has 0 atom stereocenters. The Hall–Kier alpha value is -0.120. The van der Waals surface area contributed by atoms with E-state index in [0.717, 1.165) is 23.4 Å². The SMILES string of the molecule is CC(C)CC1(CN2CC(N3CCC4(CC3)CN(C(C)C)C4)C2)CC1. The number of hydrogen-bond donors (Lipinski definition) is 0. The van der Waals surface area contributed by atoms with E-state index < -0.39 is 0 Å². The fraction of sp³-hybridized carbons (Fsp3) is 1.00. The van der Waals surface area contributed by atoms with Crippen molar-refractivity contribution in [2.75, 3.05) is 45.8 Å². The molecule has 0 radical (unpaired) electrons. The summed E-state index contributed by atoms with van der Waals surface area (Å²) >= 11 is 0. The Morgan fingerprint density at radius 2 is 1.54 bits per heavy atom. The Labute approximate surface area is 149 Å². The van der Waals surface area contributed by atoms with E-state index in [4.69, 9.17) is 0 Å². The highest BCUT2D eigenvalue weighted by Gasteiger charge is 2.49. The molecular formula is C21H39N3. The van der Waals surface area contributed by atoms with Crippen LogP contribution in [0.4, 0.5) is 0 Å². The largest absolute Gasteiger partial charge is 0.300 e. The molecule has 3 aliphatic heterocycles. The highest BCUT2D eigenvalue weighted by Crippen LogP contribution is 2.51. The zero-order chi connectivity index (χ0) is 16.9.